The first-order chi connectivity index (χ1) is 28.4. The third-order valence-electron chi connectivity index (χ3n) is 12.5. The van der Waals surface area contributed by atoms with Gasteiger partial charge in [0.1, 0.15) is 12.4 Å². The zero-order valence-electron chi connectivity index (χ0n) is 35.7. The lowest BCUT2D eigenvalue weighted by Crippen LogP contribution is -2.00. The van der Waals surface area contributed by atoms with Crippen molar-refractivity contribution in [3.05, 3.63) is 136 Å². The third-order valence-corrected chi connectivity index (χ3v) is 12.5. The Hall–Kier alpha value is -5.68. The van der Waals surface area contributed by atoms with Crippen LogP contribution >= 0.6 is 0 Å². The summed E-state index contributed by atoms with van der Waals surface area (Å²) in [5, 5.41) is 2.33. The summed E-state index contributed by atoms with van der Waals surface area (Å²) in [6.07, 6.45) is 7.24. The van der Waals surface area contributed by atoms with Crippen molar-refractivity contribution in [1.82, 2.24) is 19.9 Å². The van der Waals surface area contributed by atoms with E-state index in [2.05, 4.69) is 150 Å². The van der Waals surface area contributed by atoms with Gasteiger partial charge < -0.3 is 14.7 Å². The normalized spacial score (nSPS) is 13.0. The van der Waals surface area contributed by atoms with Gasteiger partial charge in [-0.2, -0.15) is 0 Å². The lowest BCUT2D eigenvalue weighted by molar-refractivity contribution is 0.308. The molecule has 2 aliphatic heterocycles. The third kappa shape index (κ3) is 6.68. The highest BCUT2D eigenvalue weighted by molar-refractivity contribution is 6.09. The Morgan fingerprint density at radius 1 is 0.466 bits per heavy atom. The highest BCUT2D eigenvalue weighted by Crippen LogP contribution is 2.48. The van der Waals surface area contributed by atoms with Crippen LogP contribution in [0.1, 0.15) is 132 Å². The molecule has 5 heteroatoms. The maximum atomic E-state index is 6.93. The van der Waals surface area contributed by atoms with Crippen LogP contribution in [0.25, 0.3) is 66.3 Å². The van der Waals surface area contributed by atoms with E-state index in [9.17, 15) is 0 Å². The van der Waals surface area contributed by atoms with E-state index in [1.54, 1.807) is 0 Å². The first kappa shape index (κ1) is 39.2. The van der Waals surface area contributed by atoms with Crippen LogP contribution < -0.4 is 4.74 Å². The topological polar surface area (TPSA) is 66.6 Å². The first-order valence-corrected chi connectivity index (χ1v) is 21.9. The zero-order chi connectivity index (χ0) is 40.5. The molecule has 3 aromatic heterocycles. The predicted octanol–water partition coefficient (Wildman–Crippen LogP) is 14.4. The van der Waals surface area contributed by atoms with Crippen molar-refractivity contribution in [1.29, 1.82) is 0 Å². The number of aromatic amines is 2. The number of nitrogens with one attached hydrogen (secondary N) is 2. The van der Waals surface area contributed by atoms with E-state index in [4.69, 9.17) is 14.7 Å². The Morgan fingerprint density at radius 2 is 1.02 bits per heavy atom. The summed E-state index contributed by atoms with van der Waals surface area (Å²) >= 11 is 0. The maximum Gasteiger partial charge on any atom is 0.128 e. The smallest absolute Gasteiger partial charge is 0.128 e. The van der Waals surface area contributed by atoms with Gasteiger partial charge in [-0.05, 0) is 137 Å². The summed E-state index contributed by atoms with van der Waals surface area (Å²) in [6, 6.07) is 30.6. The quantitative estimate of drug-likeness (QED) is 0.130. The van der Waals surface area contributed by atoms with E-state index < -0.39 is 0 Å². The summed E-state index contributed by atoms with van der Waals surface area (Å²) in [6.45, 7) is 18.7. The van der Waals surface area contributed by atoms with Crippen molar-refractivity contribution >= 4 is 55.1 Å². The number of hydrogen-bond acceptors (Lipinski definition) is 3. The molecule has 0 unspecified atom stereocenters. The molecule has 2 N–H and O–H groups in total. The van der Waals surface area contributed by atoms with Crippen LogP contribution in [0.15, 0.2) is 84.9 Å². The van der Waals surface area contributed by atoms with Gasteiger partial charge in [0.2, 0.25) is 0 Å². The molecule has 58 heavy (non-hydrogen) atoms. The van der Waals surface area contributed by atoms with Crippen molar-refractivity contribution in [2.75, 3.05) is 0 Å². The molecule has 2 aliphatic rings. The van der Waals surface area contributed by atoms with Gasteiger partial charge in [0, 0.05) is 27.7 Å². The van der Waals surface area contributed by atoms with Gasteiger partial charge in [0.25, 0.3) is 0 Å². The number of fused-ring (bicyclic) bond motifs is 9. The van der Waals surface area contributed by atoms with Crippen molar-refractivity contribution in [3.63, 3.8) is 0 Å². The van der Waals surface area contributed by atoms with Gasteiger partial charge in [-0.1, -0.05) is 116 Å². The number of nitrogens with zero attached hydrogens (tertiary/aromatic N) is 2. The molecule has 5 nitrogen and oxygen atoms in total. The highest BCUT2D eigenvalue weighted by Gasteiger charge is 2.28. The molecule has 8 rings (SSSR count). The van der Waals surface area contributed by atoms with Crippen LogP contribution in [0, 0.1) is 0 Å². The lowest BCUT2D eigenvalue weighted by Gasteiger charge is -2.18. The standard InChI is InChI=1S/C53H58N4O/c1-9-34-36(11-3)45-29-47-38(13-5)40(15-7)52(56-47)51(50-42-25-21-20-24-33(42)26-27-49(50)58-31-32-22-18-17-19-23-32)53-41(16-8)39(14-6)48(57-53)30-46-37(12-4)35(10-2)44(55-46)28-43(34)54-45/h17-30,54,56H,9-16,31H2,1-8H3. The van der Waals surface area contributed by atoms with Gasteiger partial charge in [-0.25, -0.2) is 9.97 Å². The van der Waals surface area contributed by atoms with E-state index in [-0.39, 0.29) is 0 Å². The average Bonchev–Trinajstić information content (AvgIpc) is 3.99. The number of rotatable bonds is 12. The Kier molecular flexibility index (Phi) is 11.2. The van der Waals surface area contributed by atoms with Crippen molar-refractivity contribution < 1.29 is 4.74 Å². The molecule has 0 aliphatic carbocycles. The molecule has 0 saturated carbocycles. The molecule has 0 atom stereocenters. The van der Waals surface area contributed by atoms with E-state index in [0.29, 0.717) is 6.61 Å². The molecular weight excluding hydrogens is 709 g/mol. The van der Waals surface area contributed by atoms with Crippen LogP contribution in [0.2, 0.25) is 0 Å². The number of aromatic nitrogens is 4. The minimum Gasteiger partial charge on any atom is -0.488 e. The van der Waals surface area contributed by atoms with Crippen molar-refractivity contribution in [2.24, 2.45) is 0 Å². The minimum absolute atomic E-state index is 0.467. The fraction of sp³-hybridized carbons (Fsp3) is 0.321. The molecule has 0 saturated heterocycles. The van der Waals surface area contributed by atoms with Gasteiger partial charge in [0.15, 0.2) is 0 Å². The number of hydrogen-bond donors (Lipinski definition) is 2. The Labute approximate surface area is 344 Å². The Balaban J connectivity index is 1.62. The van der Waals surface area contributed by atoms with E-state index in [0.717, 1.165) is 113 Å². The second-order valence-electron chi connectivity index (χ2n) is 15.5. The van der Waals surface area contributed by atoms with E-state index >= 15 is 0 Å². The Morgan fingerprint density at radius 3 is 1.67 bits per heavy atom. The number of ether oxygens (including phenoxy) is 1. The SMILES string of the molecule is CCC1=C(CC)c2cc3[nH]c(cc4[nH]c(c(CC)c4CC)c(-c4c(OCc5ccccc5)ccc5ccccc45)c4nc(cc1n2)C(CC)=C4CC)c(CC)c3CC. The highest BCUT2D eigenvalue weighted by atomic mass is 16.5. The molecule has 8 bridgehead atoms. The summed E-state index contributed by atoms with van der Waals surface area (Å²) in [5.74, 6) is 0.856. The number of aryl methyl sites for hydroxylation is 4. The van der Waals surface area contributed by atoms with Crippen LogP contribution in [-0.2, 0) is 32.3 Å². The van der Waals surface area contributed by atoms with E-state index in [1.807, 2.05) is 0 Å². The first-order valence-electron chi connectivity index (χ1n) is 21.9. The minimum atomic E-state index is 0.467. The molecule has 3 aromatic carbocycles. The molecular formula is C53H58N4O. The van der Waals surface area contributed by atoms with Gasteiger partial charge in [0.05, 0.1) is 28.3 Å². The molecule has 5 heterocycles. The fourth-order valence-corrected chi connectivity index (χ4v) is 9.80. The Bertz CT molecular complexity index is 2760. The molecule has 0 amide bonds. The zero-order valence-corrected chi connectivity index (χ0v) is 35.7. The van der Waals surface area contributed by atoms with Gasteiger partial charge >= 0.3 is 0 Å². The average molecular weight is 767 g/mol. The van der Waals surface area contributed by atoms with Crippen molar-refractivity contribution in [3.8, 4) is 16.9 Å². The number of H-pyrrole nitrogens is 2. The maximum absolute atomic E-state index is 6.93. The predicted molar refractivity (Wildman–Crippen MR) is 247 cm³/mol. The second kappa shape index (κ2) is 16.7. The summed E-state index contributed by atoms with van der Waals surface area (Å²) in [4.78, 5) is 19.3. The lowest BCUT2D eigenvalue weighted by atomic mass is 9.90. The summed E-state index contributed by atoms with van der Waals surface area (Å²) < 4.78 is 6.93. The number of allylic oxidation sites excluding steroid dienone is 4. The second-order valence-corrected chi connectivity index (χ2v) is 15.5. The van der Waals surface area contributed by atoms with Crippen LogP contribution in [0.3, 0.4) is 0 Å². The fourth-order valence-electron chi connectivity index (χ4n) is 9.80. The van der Waals surface area contributed by atoms with Gasteiger partial charge in [-0.15, -0.1) is 0 Å². The summed E-state index contributed by atoms with van der Waals surface area (Å²) in [5.41, 5.74) is 22.7. The van der Waals surface area contributed by atoms with Crippen LogP contribution in [0.5, 0.6) is 5.75 Å². The summed E-state index contributed by atoms with van der Waals surface area (Å²) in [7, 11) is 0. The monoisotopic (exact) mass is 766 g/mol. The van der Waals surface area contributed by atoms with Gasteiger partial charge in [-0.3, -0.25) is 0 Å². The number of benzene rings is 3. The molecule has 6 aromatic rings. The van der Waals surface area contributed by atoms with Crippen molar-refractivity contribution in [2.45, 2.75) is 113 Å². The van der Waals surface area contributed by atoms with Crippen LogP contribution in [0.4, 0.5) is 0 Å². The molecule has 0 fully saturated rings. The van der Waals surface area contributed by atoms with Crippen LogP contribution in [-0.4, -0.2) is 19.9 Å². The molecule has 0 radical (unpaired) electrons. The molecule has 0 spiro atoms. The molecule has 296 valence electrons. The largest absolute Gasteiger partial charge is 0.488 e. The van der Waals surface area contributed by atoms with E-state index in [1.165, 1.54) is 61.0 Å².